The molecule has 0 saturated carbocycles. The van der Waals surface area contributed by atoms with Crippen molar-refractivity contribution in [3.05, 3.63) is 131 Å². The summed E-state index contributed by atoms with van der Waals surface area (Å²) in [7, 11) is 0. The van der Waals surface area contributed by atoms with Crippen LogP contribution < -0.4 is 15.4 Å². The highest BCUT2D eigenvalue weighted by Crippen LogP contribution is 2.22. The van der Waals surface area contributed by atoms with Gasteiger partial charge in [0.25, 0.3) is 0 Å². The molecule has 0 saturated heterocycles. The van der Waals surface area contributed by atoms with Gasteiger partial charge < -0.3 is 20.5 Å². The number of carboxylic acid groups (broad SMARTS) is 1. The van der Waals surface area contributed by atoms with Gasteiger partial charge in [-0.1, -0.05) is 84.9 Å². The Labute approximate surface area is 233 Å². The van der Waals surface area contributed by atoms with Gasteiger partial charge in [0, 0.05) is 35.3 Å². The van der Waals surface area contributed by atoms with Gasteiger partial charge in [-0.05, 0) is 36.8 Å². The highest BCUT2D eigenvalue weighted by molar-refractivity contribution is 6.12. The molecule has 0 aliphatic carbocycles. The Morgan fingerprint density at radius 2 is 1.38 bits per heavy atom. The number of carbonyl (C=O) groups excluding carboxylic acids is 2. The fourth-order valence-corrected chi connectivity index (χ4v) is 4.29. The molecule has 2 unspecified atom stereocenters. The second-order valence-corrected chi connectivity index (χ2v) is 9.38. The fraction of sp³-hybridized carbons (Fsp3) is 0.182. The van der Waals surface area contributed by atoms with E-state index in [4.69, 9.17) is 4.74 Å². The summed E-state index contributed by atoms with van der Waals surface area (Å²) in [6.45, 7) is 2.69. The molecule has 2 atom stereocenters. The maximum Gasteiger partial charge on any atom is 0.326 e. The first-order chi connectivity index (χ1) is 19.4. The van der Waals surface area contributed by atoms with Crippen molar-refractivity contribution in [2.45, 2.75) is 25.4 Å². The van der Waals surface area contributed by atoms with Crippen molar-refractivity contribution in [2.75, 3.05) is 18.5 Å². The van der Waals surface area contributed by atoms with Crippen molar-refractivity contribution in [1.29, 1.82) is 0 Å². The number of carbonyl (C=O) groups is 3. The average Bonchev–Trinajstić information content (AvgIpc) is 3.00. The van der Waals surface area contributed by atoms with Crippen LogP contribution in [0.15, 0.2) is 109 Å². The van der Waals surface area contributed by atoms with Crippen LogP contribution in [-0.2, 0) is 11.2 Å². The Balaban J connectivity index is 1.31. The van der Waals surface area contributed by atoms with E-state index in [1.54, 1.807) is 72.8 Å². The van der Waals surface area contributed by atoms with E-state index in [0.717, 1.165) is 5.56 Å². The maximum absolute atomic E-state index is 13.0. The number of para-hydroxylation sites is 1. The van der Waals surface area contributed by atoms with Gasteiger partial charge in [-0.3, -0.25) is 9.59 Å². The van der Waals surface area contributed by atoms with Gasteiger partial charge in [0.1, 0.15) is 18.4 Å². The van der Waals surface area contributed by atoms with E-state index in [1.165, 1.54) is 0 Å². The van der Waals surface area contributed by atoms with Crippen molar-refractivity contribution in [1.82, 2.24) is 5.32 Å². The Morgan fingerprint density at radius 3 is 2.02 bits per heavy atom. The number of aliphatic carboxylic acids is 1. The molecular weight excluding hydrogens is 504 g/mol. The molecular formula is C33H32N2O5. The number of hydrogen-bond acceptors (Lipinski definition) is 6. The summed E-state index contributed by atoms with van der Waals surface area (Å²) in [6.07, 6.45) is 0.212. The molecule has 0 amide bonds. The molecule has 40 heavy (non-hydrogen) atoms. The standard InChI is InChI=1S/C33H32N2O5/c1-23(31(36)25-10-4-2-5-11-25)34-20-21-40-27-18-16-24(17-19-27)22-30(33(38)39)35-29-15-9-8-14-28(29)32(37)26-12-6-3-7-13-26/h2-19,23,30,34-35H,20-22H2,1H3,(H,38,39). The van der Waals surface area contributed by atoms with Gasteiger partial charge in [-0.25, -0.2) is 4.79 Å². The molecule has 0 aromatic heterocycles. The highest BCUT2D eigenvalue weighted by Gasteiger charge is 2.21. The number of rotatable bonds is 14. The van der Waals surface area contributed by atoms with Gasteiger partial charge in [-0.2, -0.15) is 0 Å². The van der Waals surface area contributed by atoms with Crippen LogP contribution in [0, 0.1) is 0 Å². The van der Waals surface area contributed by atoms with Crippen LogP contribution in [0.3, 0.4) is 0 Å². The second kappa shape index (κ2) is 13.9. The van der Waals surface area contributed by atoms with E-state index in [0.29, 0.717) is 41.3 Å². The summed E-state index contributed by atoms with van der Waals surface area (Å²) in [5.74, 6) is -0.528. The van der Waals surface area contributed by atoms with Crippen LogP contribution in [-0.4, -0.2) is 47.9 Å². The molecule has 4 aromatic carbocycles. The summed E-state index contributed by atoms with van der Waals surface area (Å²) < 4.78 is 5.79. The summed E-state index contributed by atoms with van der Waals surface area (Å²) in [4.78, 5) is 37.6. The third-order valence-electron chi connectivity index (χ3n) is 6.47. The van der Waals surface area contributed by atoms with Crippen LogP contribution >= 0.6 is 0 Å². The summed E-state index contributed by atoms with van der Waals surface area (Å²) >= 11 is 0. The number of Topliss-reactive ketones (excluding diaryl/α,β-unsaturated/α-hetero) is 1. The van der Waals surface area contributed by atoms with Crippen LogP contribution in [0.5, 0.6) is 5.75 Å². The van der Waals surface area contributed by atoms with Gasteiger partial charge in [0.2, 0.25) is 0 Å². The van der Waals surface area contributed by atoms with E-state index in [1.807, 2.05) is 43.3 Å². The zero-order valence-corrected chi connectivity index (χ0v) is 22.2. The fourth-order valence-electron chi connectivity index (χ4n) is 4.29. The predicted molar refractivity (Wildman–Crippen MR) is 155 cm³/mol. The largest absolute Gasteiger partial charge is 0.492 e. The first kappa shape index (κ1) is 28.3. The lowest BCUT2D eigenvalue weighted by Crippen LogP contribution is -2.36. The monoisotopic (exact) mass is 536 g/mol. The van der Waals surface area contributed by atoms with Gasteiger partial charge >= 0.3 is 5.97 Å². The molecule has 0 spiro atoms. The summed E-state index contributed by atoms with van der Waals surface area (Å²) in [5, 5.41) is 16.1. The minimum atomic E-state index is -1.02. The van der Waals surface area contributed by atoms with Crippen molar-refractivity contribution in [3.8, 4) is 5.75 Å². The zero-order chi connectivity index (χ0) is 28.3. The summed E-state index contributed by atoms with van der Waals surface area (Å²) in [6, 6.07) is 30.9. The molecule has 4 aromatic rings. The molecule has 7 heteroatoms. The number of ether oxygens (including phenoxy) is 1. The molecule has 3 N–H and O–H groups in total. The SMILES string of the molecule is CC(NCCOc1ccc(CC(Nc2ccccc2C(=O)c2ccccc2)C(=O)O)cc1)C(=O)c1ccccc1. The third-order valence-corrected chi connectivity index (χ3v) is 6.47. The normalized spacial score (nSPS) is 12.2. The smallest absolute Gasteiger partial charge is 0.326 e. The molecule has 0 aliphatic heterocycles. The minimum Gasteiger partial charge on any atom is -0.492 e. The number of anilines is 1. The molecule has 0 heterocycles. The molecule has 0 fully saturated rings. The molecule has 204 valence electrons. The van der Waals surface area contributed by atoms with Crippen molar-refractivity contribution >= 4 is 23.2 Å². The Bertz CT molecular complexity index is 1420. The number of benzene rings is 4. The first-order valence-electron chi connectivity index (χ1n) is 13.1. The second-order valence-electron chi connectivity index (χ2n) is 9.38. The van der Waals surface area contributed by atoms with E-state index < -0.39 is 12.0 Å². The van der Waals surface area contributed by atoms with Gasteiger partial charge in [0.15, 0.2) is 11.6 Å². The molecule has 4 rings (SSSR count). The summed E-state index contributed by atoms with van der Waals surface area (Å²) in [5.41, 5.74) is 2.89. The van der Waals surface area contributed by atoms with Crippen LogP contribution in [0.2, 0.25) is 0 Å². The molecule has 0 aliphatic rings. The van der Waals surface area contributed by atoms with E-state index in [9.17, 15) is 19.5 Å². The number of carboxylic acids is 1. The quantitative estimate of drug-likeness (QED) is 0.149. The number of nitrogens with one attached hydrogen (secondary N) is 2. The van der Waals surface area contributed by atoms with E-state index in [-0.39, 0.29) is 24.0 Å². The molecule has 0 bridgehead atoms. The van der Waals surface area contributed by atoms with Gasteiger partial charge in [0.05, 0.1) is 6.04 Å². The lowest BCUT2D eigenvalue weighted by Gasteiger charge is -2.18. The van der Waals surface area contributed by atoms with E-state index >= 15 is 0 Å². The van der Waals surface area contributed by atoms with Crippen LogP contribution in [0.25, 0.3) is 0 Å². The Kier molecular flexibility index (Phi) is 9.80. The van der Waals surface area contributed by atoms with Crippen molar-refractivity contribution in [2.24, 2.45) is 0 Å². The number of ketones is 2. The lowest BCUT2D eigenvalue weighted by molar-refractivity contribution is -0.137. The van der Waals surface area contributed by atoms with Crippen LogP contribution in [0.4, 0.5) is 5.69 Å². The first-order valence-corrected chi connectivity index (χ1v) is 13.1. The highest BCUT2D eigenvalue weighted by atomic mass is 16.5. The van der Waals surface area contributed by atoms with Crippen molar-refractivity contribution < 1.29 is 24.2 Å². The maximum atomic E-state index is 13.0. The topological polar surface area (TPSA) is 105 Å². The molecule has 0 radical (unpaired) electrons. The zero-order valence-electron chi connectivity index (χ0n) is 22.2. The van der Waals surface area contributed by atoms with Crippen LogP contribution in [0.1, 0.15) is 38.8 Å². The average molecular weight is 537 g/mol. The molecule has 7 nitrogen and oxygen atoms in total. The third kappa shape index (κ3) is 7.65. The predicted octanol–water partition coefficient (Wildman–Crippen LogP) is 5.27. The minimum absolute atomic E-state index is 0.0265. The lowest BCUT2D eigenvalue weighted by atomic mass is 10.00. The van der Waals surface area contributed by atoms with Crippen molar-refractivity contribution in [3.63, 3.8) is 0 Å². The van der Waals surface area contributed by atoms with E-state index in [2.05, 4.69) is 10.6 Å². The Hall–Kier alpha value is -4.75. The van der Waals surface area contributed by atoms with Gasteiger partial charge in [-0.15, -0.1) is 0 Å². The number of hydrogen-bond donors (Lipinski definition) is 3. The Morgan fingerprint density at radius 1 is 0.775 bits per heavy atom.